The van der Waals surface area contributed by atoms with Gasteiger partial charge >= 0.3 is 0 Å². The van der Waals surface area contributed by atoms with Crippen molar-refractivity contribution >= 4 is 15.9 Å². The number of ether oxygens (including phenoxy) is 1. The fraction of sp³-hybridized carbons (Fsp3) is 0.200. The zero-order valence-electron chi connectivity index (χ0n) is 10.9. The van der Waals surface area contributed by atoms with E-state index in [1.54, 1.807) is 12.1 Å². The molecule has 2 aromatic rings. The first kappa shape index (κ1) is 14.9. The quantitative estimate of drug-likeness (QED) is 0.800. The molecule has 0 aliphatic carbocycles. The van der Waals surface area contributed by atoms with Crippen molar-refractivity contribution < 1.29 is 13.5 Å². The lowest BCUT2D eigenvalue weighted by atomic mass is 10.0. The highest BCUT2D eigenvalue weighted by atomic mass is 79.9. The molecule has 0 heterocycles. The molecule has 0 saturated heterocycles. The number of hydrogen-bond donors (Lipinski definition) is 1. The van der Waals surface area contributed by atoms with Crippen molar-refractivity contribution in [2.45, 2.75) is 19.4 Å². The average molecular weight is 342 g/mol. The Morgan fingerprint density at radius 1 is 1.20 bits per heavy atom. The van der Waals surface area contributed by atoms with E-state index in [0.717, 1.165) is 18.1 Å². The second kappa shape index (κ2) is 6.33. The fourth-order valence-corrected chi connectivity index (χ4v) is 2.23. The Labute approximate surface area is 124 Å². The van der Waals surface area contributed by atoms with Crippen LogP contribution >= 0.6 is 15.9 Å². The summed E-state index contributed by atoms with van der Waals surface area (Å²) in [5.74, 6) is -1.73. The first-order chi connectivity index (χ1) is 9.52. The lowest BCUT2D eigenvalue weighted by molar-refractivity contribution is 0.409. The lowest BCUT2D eigenvalue weighted by Gasteiger charge is -2.16. The molecule has 0 spiro atoms. The van der Waals surface area contributed by atoms with Gasteiger partial charge in [-0.15, -0.1) is 0 Å². The zero-order chi connectivity index (χ0) is 14.7. The monoisotopic (exact) mass is 341 g/mol. The van der Waals surface area contributed by atoms with Crippen molar-refractivity contribution in [2.75, 3.05) is 0 Å². The largest absolute Gasteiger partial charge is 0.454 e. The van der Waals surface area contributed by atoms with Gasteiger partial charge in [-0.2, -0.15) is 4.39 Å². The number of benzene rings is 2. The number of para-hydroxylation sites is 1. The summed E-state index contributed by atoms with van der Waals surface area (Å²) in [5, 5.41) is 0. The van der Waals surface area contributed by atoms with Gasteiger partial charge in [0, 0.05) is 16.1 Å². The van der Waals surface area contributed by atoms with E-state index in [1.807, 2.05) is 19.1 Å². The van der Waals surface area contributed by atoms with E-state index in [0.29, 0.717) is 10.2 Å². The molecule has 2 aromatic carbocycles. The molecule has 1 atom stereocenters. The molecule has 0 aliphatic heterocycles. The molecule has 20 heavy (non-hydrogen) atoms. The van der Waals surface area contributed by atoms with Gasteiger partial charge in [-0.3, -0.25) is 0 Å². The maximum absolute atomic E-state index is 13.7. The van der Waals surface area contributed by atoms with Crippen LogP contribution in [0.3, 0.4) is 0 Å². The summed E-state index contributed by atoms with van der Waals surface area (Å²) in [7, 11) is 0. The number of rotatable bonds is 4. The van der Waals surface area contributed by atoms with Gasteiger partial charge in [-0.05, 0) is 24.6 Å². The van der Waals surface area contributed by atoms with Gasteiger partial charge in [0.25, 0.3) is 0 Å². The van der Waals surface area contributed by atoms with Crippen molar-refractivity contribution in [1.82, 2.24) is 0 Å². The highest BCUT2D eigenvalue weighted by molar-refractivity contribution is 9.10. The molecule has 0 aliphatic rings. The van der Waals surface area contributed by atoms with Crippen molar-refractivity contribution in [3.63, 3.8) is 0 Å². The van der Waals surface area contributed by atoms with Gasteiger partial charge in [0.2, 0.25) is 5.82 Å². The number of halogens is 3. The summed E-state index contributed by atoms with van der Waals surface area (Å²) >= 11 is 3.11. The van der Waals surface area contributed by atoms with Crippen LogP contribution in [0.2, 0.25) is 0 Å². The number of nitrogens with two attached hydrogens (primary N) is 1. The van der Waals surface area contributed by atoms with E-state index in [1.165, 1.54) is 6.07 Å². The van der Waals surface area contributed by atoms with Gasteiger partial charge < -0.3 is 10.5 Å². The van der Waals surface area contributed by atoms with Crippen LogP contribution in [0.15, 0.2) is 40.9 Å². The predicted octanol–water partition coefficient (Wildman–Crippen LogP) is 4.93. The van der Waals surface area contributed by atoms with Crippen LogP contribution in [0, 0.1) is 11.6 Å². The molecular weight excluding hydrogens is 328 g/mol. The molecule has 5 heteroatoms. The van der Waals surface area contributed by atoms with Crippen molar-refractivity contribution in [1.29, 1.82) is 0 Å². The van der Waals surface area contributed by atoms with E-state index in [2.05, 4.69) is 15.9 Å². The van der Waals surface area contributed by atoms with Gasteiger partial charge in [0.15, 0.2) is 11.6 Å². The molecule has 0 saturated carbocycles. The Bertz CT molecular complexity index is 619. The molecule has 1 unspecified atom stereocenters. The lowest BCUT2D eigenvalue weighted by Crippen LogP contribution is -2.10. The molecular formula is C15H14BrF2NO. The van der Waals surface area contributed by atoms with E-state index in [4.69, 9.17) is 10.5 Å². The zero-order valence-corrected chi connectivity index (χ0v) is 12.5. The summed E-state index contributed by atoms with van der Waals surface area (Å²) in [4.78, 5) is 0. The van der Waals surface area contributed by atoms with Gasteiger partial charge in [-0.25, -0.2) is 4.39 Å². The van der Waals surface area contributed by atoms with Crippen LogP contribution in [-0.2, 0) is 0 Å². The molecule has 106 valence electrons. The van der Waals surface area contributed by atoms with Crippen molar-refractivity contribution in [2.24, 2.45) is 5.73 Å². The summed E-state index contributed by atoms with van der Waals surface area (Å²) in [5.41, 5.74) is 6.75. The Hall–Kier alpha value is -1.46. The molecule has 0 aromatic heterocycles. The third kappa shape index (κ3) is 3.16. The maximum atomic E-state index is 13.7. The molecule has 2 nitrogen and oxygen atoms in total. The summed E-state index contributed by atoms with van der Waals surface area (Å²) in [6.07, 6.45) is 0.718. The van der Waals surface area contributed by atoms with Crippen LogP contribution in [0.5, 0.6) is 11.5 Å². The second-order valence-corrected chi connectivity index (χ2v) is 5.27. The van der Waals surface area contributed by atoms with Crippen LogP contribution in [0.1, 0.15) is 24.9 Å². The summed E-state index contributed by atoms with van der Waals surface area (Å²) < 4.78 is 33.0. The average Bonchev–Trinajstić information content (AvgIpc) is 2.44. The van der Waals surface area contributed by atoms with Crippen molar-refractivity contribution in [3.05, 3.63) is 58.1 Å². The maximum Gasteiger partial charge on any atom is 0.201 e. The Morgan fingerprint density at radius 3 is 2.60 bits per heavy atom. The highest BCUT2D eigenvalue weighted by Gasteiger charge is 2.15. The number of hydrogen-bond acceptors (Lipinski definition) is 2. The van der Waals surface area contributed by atoms with Crippen LogP contribution in [-0.4, -0.2) is 0 Å². The minimum absolute atomic E-state index is 0.173. The van der Waals surface area contributed by atoms with Crippen LogP contribution in [0.25, 0.3) is 0 Å². The van der Waals surface area contributed by atoms with E-state index < -0.39 is 11.6 Å². The minimum atomic E-state index is -1.02. The third-order valence-electron chi connectivity index (χ3n) is 2.94. The molecule has 2 rings (SSSR count). The Kier molecular flexibility index (Phi) is 4.73. The topological polar surface area (TPSA) is 35.2 Å². The molecule has 0 fully saturated rings. The summed E-state index contributed by atoms with van der Waals surface area (Å²) in [6.45, 7) is 1.95. The van der Waals surface area contributed by atoms with Crippen LogP contribution in [0.4, 0.5) is 8.78 Å². The first-order valence-corrected chi connectivity index (χ1v) is 6.99. The normalized spacial score (nSPS) is 12.2. The Balaban J connectivity index is 2.40. The Morgan fingerprint density at radius 2 is 1.90 bits per heavy atom. The van der Waals surface area contributed by atoms with Gasteiger partial charge in [-0.1, -0.05) is 41.1 Å². The predicted molar refractivity (Wildman–Crippen MR) is 77.8 cm³/mol. The molecule has 0 amide bonds. The smallest absolute Gasteiger partial charge is 0.201 e. The molecule has 2 N–H and O–H groups in total. The van der Waals surface area contributed by atoms with Crippen molar-refractivity contribution in [3.8, 4) is 11.5 Å². The molecule has 0 radical (unpaired) electrons. The highest BCUT2D eigenvalue weighted by Crippen LogP contribution is 2.33. The van der Waals surface area contributed by atoms with Crippen LogP contribution < -0.4 is 10.5 Å². The van der Waals surface area contributed by atoms with Gasteiger partial charge in [0.1, 0.15) is 5.75 Å². The third-order valence-corrected chi connectivity index (χ3v) is 3.40. The molecule has 0 bridgehead atoms. The van der Waals surface area contributed by atoms with E-state index in [9.17, 15) is 8.78 Å². The summed E-state index contributed by atoms with van der Waals surface area (Å²) in [6, 6.07) is 9.30. The second-order valence-electron chi connectivity index (χ2n) is 4.35. The van der Waals surface area contributed by atoms with E-state index >= 15 is 0 Å². The minimum Gasteiger partial charge on any atom is -0.454 e. The fourth-order valence-electron chi connectivity index (χ4n) is 1.82. The standard InChI is InChI=1S/C15H14BrF2NO/c1-2-12(19)10-5-3-4-6-13(10)20-14-8-9(16)7-11(17)15(14)18/h3-8,12H,2,19H2,1H3. The van der Waals surface area contributed by atoms with E-state index in [-0.39, 0.29) is 11.8 Å². The SMILES string of the molecule is CCC(N)c1ccccc1Oc1cc(Br)cc(F)c1F. The first-order valence-electron chi connectivity index (χ1n) is 6.19. The van der Waals surface area contributed by atoms with Gasteiger partial charge in [0.05, 0.1) is 0 Å².